The number of sulfonamides is 1. The highest BCUT2D eigenvalue weighted by Crippen LogP contribution is 2.35. The number of esters is 1. The van der Waals surface area contributed by atoms with Gasteiger partial charge in [-0.15, -0.1) is 0 Å². The lowest BCUT2D eigenvalue weighted by Crippen LogP contribution is -2.35. The largest absolute Gasteiger partial charge is 0.486 e. The lowest BCUT2D eigenvalue weighted by Gasteiger charge is -2.28. The van der Waals surface area contributed by atoms with E-state index >= 15 is 0 Å². The molecule has 3 heterocycles. The number of nitrogens with zero attached hydrogens (tertiary/aromatic N) is 3. The van der Waals surface area contributed by atoms with Gasteiger partial charge in [0, 0.05) is 30.8 Å². The third kappa shape index (κ3) is 4.89. The normalized spacial score (nSPS) is 15.6. The first-order valence-electron chi connectivity index (χ1n) is 12.6. The van der Waals surface area contributed by atoms with Crippen LogP contribution in [0.2, 0.25) is 0 Å². The SMILES string of the molecule is COC(=O)Cn1c(=NC(=O)c2ccc(S(=O)(=O)N3CCc4ccccc4C3)cc2)sc2cc3c(cc21)OCCO3. The maximum Gasteiger partial charge on any atom is 0.325 e. The smallest absolute Gasteiger partial charge is 0.325 e. The zero-order valence-corrected chi connectivity index (χ0v) is 23.2. The van der Waals surface area contributed by atoms with E-state index < -0.39 is 21.9 Å². The molecule has 0 saturated carbocycles. The number of fused-ring (bicyclic) bond motifs is 3. The number of hydrogen-bond donors (Lipinski definition) is 0. The second-order valence-corrected chi connectivity index (χ2v) is 12.3. The van der Waals surface area contributed by atoms with Crippen molar-refractivity contribution >= 4 is 43.5 Å². The first kappa shape index (κ1) is 26.2. The van der Waals surface area contributed by atoms with E-state index in [-0.39, 0.29) is 21.8 Å². The quantitative estimate of drug-likeness (QED) is 0.334. The second-order valence-electron chi connectivity index (χ2n) is 9.31. The van der Waals surface area contributed by atoms with Gasteiger partial charge in [0.15, 0.2) is 16.3 Å². The minimum atomic E-state index is -3.74. The fourth-order valence-electron chi connectivity index (χ4n) is 4.78. The molecule has 206 valence electrons. The molecular weight excluding hydrogens is 554 g/mol. The Labute approximate surface area is 234 Å². The number of amides is 1. The molecule has 10 nitrogen and oxygen atoms in total. The summed E-state index contributed by atoms with van der Waals surface area (Å²) >= 11 is 1.22. The molecule has 12 heteroatoms. The first-order chi connectivity index (χ1) is 19.3. The highest BCUT2D eigenvalue weighted by Gasteiger charge is 2.28. The van der Waals surface area contributed by atoms with E-state index in [4.69, 9.17) is 14.2 Å². The molecule has 0 saturated heterocycles. The van der Waals surface area contributed by atoms with Gasteiger partial charge in [0.05, 0.1) is 22.2 Å². The highest BCUT2D eigenvalue weighted by molar-refractivity contribution is 7.89. The maximum atomic E-state index is 13.3. The maximum absolute atomic E-state index is 13.3. The monoisotopic (exact) mass is 579 g/mol. The number of ether oxygens (including phenoxy) is 3. The third-order valence-corrected chi connectivity index (χ3v) is 9.79. The van der Waals surface area contributed by atoms with Gasteiger partial charge >= 0.3 is 5.97 Å². The van der Waals surface area contributed by atoms with E-state index in [0.29, 0.717) is 49.7 Å². The number of methoxy groups -OCH3 is 1. The molecule has 1 aromatic heterocycles. The molecule has 40 heavy (non-hydrogen) atoms. The van der Waals surface area contributed by atoms with Crippen molar-refractivity contribution in [2.45, 2.75) is 24.4 Å². The minimum absolute atomic E-state index is 0.108. The molecule has 2 aliphatic heterocycles. The van der Waals surface area contributed by atoms with Crippen molar-refractivity contribution in [2.75, 3.05) is 26.9 Å². The van der Waals surface area contributed by atoms with Crippen LogP contribution in [0.5, 0.6) is 11.5 Å². The lowest BCUT2D eigenvalue weighted by molar-refractivity contribution is -0.141. The Bertz CT molecular complexity index is 1810. The summed E-state index contributed by atoms with van der Waals surface area (Å²) in [5.41, 5.74) is 3.01. The molecule has 0 fully saturated rings. The molecule has 0 unspecified atom stereocenters. The third-order valence-electron chi connectivity index (χ3n) is 6.89. The van der Waals surface area contributed by atoms with E-state index in [0.717, 1.165) is 15.8 Å². The summed E-state index contributed by atoms with van der Waals surface area (Å²) in [5.74, 6) is 0.0517. The Morgan fingerprint density at radius 1 is 1.00 bits per heavy atom. The van der Waals surface area contributed by atoms with E-state index in [1.54, 1.807) is 16.7 Å². The van der Waals surface area contributed by atoms with E-state index in [1.807, 2.05) is 24.3 Å². The van der Waals surface area contributed by atoms with Crippen LogP contribution in [-0.4, -0.2) is 56.0 Å². The van der Waals surface area contributed by atoms with Crippen LogP contribution in [0.4, 0.5) is 0 Å². The zero-order valence-electron chi connectivity index (χ0n) is 21.5. The minimum Gasteiger partial charge on any atom is -0.486 e. The Balaban J connectivity index is 1.30. The molecule has 6 rings (SSSR count). The number of carbonyl (C=O) groups excluding carboxylic acids is 2. The van der Waals surface area contributed by atoms with Gasteiger partial charge in [-0.1, -0.05) is 35.6 Å². The van der Waals surface area contributed by atoms with Gasteiger partial charge in [0.2, 0.25) is 10.0 Å². The van der Waals surface area contributed by atoms with Crippen LogP contribution in [0.1, 0.15) is 21.5 Å². The van der Waals surface area contributed by atoms with Gasteiger partial charge in [-0.3, -0.25) is 9.59 Å². The van der Waals surface area contributed by atoms with Gasteiger partial charge in [0.25, 0.3) is 5.91 Å². The number of thiazole rings is 1. The summed E-state index contributed by atoms with van der Waals surface area (Å²) < 4.78 is 46.6. The Kier molecular flexibility index (Phi) is 6.90. The standard InChI is InChI=1S/C28H25N3O7S2/c1-36-26(32)17-31-22-14-23-24(38-13-12-37-23)15-25(22)39-28(31)29-27(33)19-6-8-21(9-7-19)40(34,35)30-11-10-18-4-2-3-5-20(18)16-30/h2-9,14-15H,10-13,16-17H2,1H3. The molecule has 0 N–H and O–H groups in total. The predicted molar refractivity (Wildman–Crippen MR) is 147 cm³/mol. The second kappa shape index (κ2) is 10.5. The number of carbonyl (C=O) groups is 2. The van der Waals surface area contributed by atoms with Crippen LogP contribution >= 0.6 is 11.3 Å². The van der Waals surface area contributed by atoms with Crippen LogP contribution in [0.15, 0.2) is 70.6 Å². The van der Waals surface area contributed by atoms with Crippen molar-refractivity contribution in [1.29, 1.82) is 0 Å². The van der Waals surface area contributed by atoms with E-state index in [9.17, 15) is 18.0 Å². The van der Waals surface area contributed by atoms with Crippen molar-refractivity contribution in [2.24, 2.45) is 4.99 Å². The van der Waals surface area contributed by atoms with Gasteiger partial charge in [0.1, 0.15) is 19.8 Å². The predicted octanol–water partition coefficient (Wildman–Crippen LogP) is 3.14. The summed E-state index contributed by atoms with van der Waals surface area (Å²) in [6.45, 7) is 1.38. The van der Waals surface area contributed by atoms with Crippen molar-refractivity contribution < 1.29 is 32.2 Å². The van der Waals surface area contributed by atoms with Gasteiger partial charge in [-0.25, -0.2) is 8.42 Å². The highest BCUT2D eigenvalue weighted by atomic mass is 32.2. The Morgan fingerprint density at radius 3 is 2.42 bits per heavy atom. The number of hydrogen-bond acceptors (Lipinski definition) is 8. The topological polar surface area (TPSA) is 117 Å². The number of benzene rings is 3. The molecule has 1 amide bonds. The van der Waals surface area contributed by atoms with Crippen molar-refractivity contribution in [3.63, 3.8) is 0 Å². The molecule has 0 bridgehead atoms. The number of aromatic nitrogens is 1. The fourth-order valence-corrected chi connectivity index (χ4v) is 7.24. The summed E-state index contributed by atoms with van der Waals surface area (Å²) in [6, 6.07) is 17.1. The van der Waals surface area contributed by atoms with Gasteiger partial charge < -0.3 is 18.8 Å². The van der Waals surface area contributed by atoms with Gasteiger partial charge in [-0.2, -0.15) is 9.30 Å². The molecular formula is C28H25N3O7S2. The molecule has 0 spiro atoms. The molecule has 3 aromatic carbocycles. The molecule has 0 atom stereocenters. The average molecular weight is 580 g/mol. The van der Waals surface area contributed by atoms with Gasteiger partial charge in [-0.05, 0) is 41.8 Å². The van der Waals surface area contributed by atoms with Crippen molar-refractivity contribution in [1.82, 2.24) is 8.87 Å². The molecule has 0 aliphatic carbocycles. The molecule has 4 aromatic rings. The molecule has 2 aliphatic rings. The van der Waals surface area contributed by atoms with Crippen LogP contribution in [0.25, 0.3) is 10.2 Å². The van der Waals surface area contributed by atoms with Crippen LogP contribution in [-0.2, 0) is 39.1 Å². The Morgan fingerprint density at radius 2 is 1.70 bits per heavy atom. The summed E-state index contributed by atoms with van der Waals surface area (Å²) in [5, 5.41) is 0. The first-order valence-corrected chi connectivity index (χ1v) is 14.8. The Hall–Kier alpha value is -4.00. The lowest BCUT2D eigenvalue weighted by atomic mass is 10.0. The molecule has 0 radical (unpaired) electrons. The van der Waals surface area contributed by atoms with Crippen LogP contribution in [0, 0.1) is 0 Å². The van der Waals surface area contributed by atoms with Crippen molar-refractivity contribution in [3.8, 4) is 11.5 Å². The van der Waals surface area contributed by atoms with Crippen molar-refractivity contribution in [3.05, 3.63) is 82.2 Å². The fraction of sp³-hybridized carbons (Fsp3) is 0.250. The van der Waals surface area contributed by atoms with Crippen LogP contribution in [0.3, 0.4) is 0 Å². The van der Waals surface area contributed by atoms with E-state index in [2.05, 4.69) is 4.99 Å². The summed E-state index contributed by atoms with van der Waals surface area (Å²) in [4.78, 5) is 30.0. The number of rotatable bonds is 5. The van der Waals surface area contributed by atoms with E-state index in [1.165, 1.54) is 47.0 Å². The summed E-state index contributed by atoms with van der Waals surface area (Å²) in [6.07, 6.45) is 0.646. The average Bonchev–Trinajstić information content (AvgIpc) is 3.30. The van der Waals surface area contributed by atoms with Crippen LogP contribution < -0.4 is 14.3 Å². The zero-order chi connectivity index (χ0) is 27.9. The summed E-state index contributed by atoms with van der Waals surface area (Å²) in [7, 11) is -2.45.